The van der Waals surface area contributed by atoms with Gasteiger partial charge in [-0.2, -0.15) is 0 Å². The summed E-state index contributed by atoms with van der Waals surface area (Å²) >= 11 is 10.6. The van der Waals surface area contributed by atoms with E-state index < -0.39 is 0 Å². The molecule has 66 valence electrons. The molecule has 0 aliphatic carbocycles. The largest absolute Gasteiger partial charge is 0.355 e. The Hall–Kier alpha value is 1.40. The third-order valence-electron chi connectivity index (χ3n) is 1.72. The number of hydrogen-bond acceptors (Lipinski definition) is 1. The quantitative estimate of drug-likeness (QED) is 0.555. The Kier molecular flexibility index (Phi) is 3.88. The lowest BCUT2D eigenvalue weighted by Crippen LogP contribution is -2.20. The number of rotatable bonds is 4. The highest BCUT2D eigenvalue weighted by Gasteiger charge is 2.50. The minimum absolute atomic E-state index is 0.00975. The summed E-state index contributed by atoms with van der Waals surface area (Å²) < 4.78 is 5.29. The van der Waals surface area contributed by atoms with Crippen molar-refractivity contribution in [3.8, 4) is 0 Å². The van der Waals surface area contributed by atoms with Crippen LogP contribution in [0.2, 0.25) is 0 Å². The predicted molar refractivity (Wildman–Crippen MR) is 57.7 cm³/mol. The zero-order chi connectivity index (χ0) is 8.48. The standard InChI is InChI=1S/C7H11Br3O/c1-2-3-4-7(9,10)5-6(8)11-5/h5-6H,2-4H2,1H3/t5-,6-/m1/s1. The number of unbranched alkanes of at least 4 members (excludes halogenated alkanes) is 1. The van der Waals surface area contributed by atoms with Crippen molar-refractivity contribution in [2.24, 2.45) is 0 Å². The van der Waals surface area contributed by atoms with Gasteiger partial charge in [0.15, 0.2) is 0 Å². The Labute approximate surface area is 92.6 Å². The summed E-state index contributed by atoms with van der Waals surface area (Å²) in [5, 5.41) is 0.234. The lowest BCUT2D eigenvalue weighted by Gasteiger charge is -2.16. The molecule has 4 heteroatoms. The summed E-state index contributed by atoms with van der Waals surface area (Å²) in [6.07, 6.45) is 3.83. The maximum atomic E-state index is 5.30. The second kappa shape index (κ2) is 4.07. The van der Waals surface area contributed by atoms with Crippen LogP contribution in [0.4, 0.5) is 0 Å². The van der Waals surface area contributed by atoms with E-state index in [1.165, 1.54) is 12.8 Å². The Morgan fingerprint density at radius 3 is 2.36 bits per heavy atom. The van der Waals surface area contributed by atoms with Crippen molar-refractivity contribution in [1.82, 2.24) is 0 Å². The Bertz CT molecular complexity index is 138. The second-order valence-electron chi connectivity index (χ2n) is 2.77. The fourth-order valence-corrected chi connectivity index (χ4v) is 3.59. The Balaban J connectivity index is 2.28. The van der Waals surface area contributed by atoms with Gasteiger partial charge in [0.2, 0.25) is 0 Å². The van der Waals surface area contributed by atoms with Gasteiger partial charge in [-0.25, -0.2) is 0 Å². The first-order valence-corrected chi connectivity index (χ1v) is 6.25. The molecular weight excluding hydrogens is 340 g/mol. The minimum Gasteiger partial charge on any atom is -0.355 e. The van der Waals surface area contributed by atoms with Gasteiger partial charge < -0.3 is 4.74 Å². The molecule has 0 aromatic heterocycles. The fourth-order valence-electron chi connectivity index (χ4n) is 0.941. The molecule has 1 saturated heterocycles. The van der Waals surface area contributed by atoms with Crippen LogP contribution in [-0.2, 0) is 4.74 Å². The van der Waals surface area contributed by atoms with Crippen molar-refractivity contribution in [2.75, 3.05) is 0 Å². The molecule has 0 amide bonds. The van der Waals surface area contributed by atoms with E-state index in [0.717, 1.165) is 6.42 Å². The van der Waals surface area contributed by atoms with Crippen molar-refractivity contribution in [3.05, 3.63) is 0 Å². The topological polar surface area (TPSA) is 12.5 Å². The average Bonchev–Trinajstić information content (AvgIpc) is 2.63. The first-order chi connectivity index (χ1) is 5.08. The van der Waals surface area contributed by atoms with E-state index in [0.29, 0.717) is 0 Å². The van der Waals surface area contributed by atoms with E-state index in [9.17, 15) is 0 Å². The molecule has 1 aliphatic heterocycles. The number of halogens is 3. The summed E-state index contributed by atoms with van der Waals surface area (Å²) in [5.41, 5.74) is 0. The highest BCUT2D eigenvalue weighted by Crippen LogP contribution is 2.48. The Morgan fingerprint density at radius 2 is 2.00 bits per heavy atom. The maximum absolute atomic E-state index is 5.30. The van der Waals surface area contributed by atoms with Gasteiger partial charge in [-0.1, -0.05) is 67.6 Å². The van der Waals surface area contributed by atoms with E-state index in [4.69, 9.17) is 4.74 Å². The van der Waals surface area contributed by atoms with E-state index in [1.807, 2.05) is 0 Å². The second-order valence-corrected chi connectivity index (χ2v) is 7.57. The molecule has 1 heterocycles. The van der Waals surface area contributed by atoms with Gasteiger partial charge in [0.25, 0.3) is 0 Å². The third kappa shape index (κ3) is 2.98. The number of ether oxygens (including phenoxy) is 1. The van der Waals surface area contributed by atoms with E-state index in [1.54, 1.807) is 0 Å². The molecule has 11 heavy (non-hydrogen) atoms. The molecule has 1 fully saturated rings. The molecule has 1 nitrogen and oxygen atoms in total. The summed E-state index contributed by atoms with van der Waals surface area (Å²) in [7, 11) is 0. The minimum atomic E-state index is -0.00975. The van der Waals surface area contributed by atoms with Gasteiger partial charge >= 0.3 is 0 Å². The van der Waals surface area contributed by atoms with Crippen LogP contribution in [0.3, 0.4) is 0 Å². The molecule has 0 unspecified atom stereocenters. The molecule has 2 atom stereocenters. The molecule has 0 aromatic carbocycles. The maximum Gasteiger partial charge on any atom is 0.141 e. The smallest absolute Gasteiger partial charge is 0.141 e. The van der Waals surface area contributed by atoms with Crippen molar-refractivity contribution in [2.45, 2.75) is 40.5 Å². The van der Waals surface area contributed by atoms with Gasteiger partial charge in [0.05, 0.1) is 0 Å². The average molecular weight is 351 g/mol. The summed E-state index contributed by atoms with van der Waals surface area (Å²) in [6, 6.07) is 0. The summed E-state index contributed by atoms with van der Waals surface area (Å²) in [6.45, 7) is 2.19. The van der Waals surface area contributed by atoms with Gasteiger partial charge in [-0.3, -0.25) is 0 Å². The van der Waals surface area contributed by atoms with Crippen molar-refractivity contribution in [3.63, 3.8) is 0 Å². The van der Waals surface area contributed by atoms with Gasteiger partial charge in [-0.05, 0) is 6.42 Å². The van der Waals surface area contributed by atoms with Gasteiger partial charge in [-0.15, -0.1) is 0 Å². The zero-order valence-corrected chi connectivity index (χ0v) is 11.1. The third-order valence-corrected chi connectivity index (χ3v) is 4.11. The van der Waals surface area contributed by atoms with Crippen LogP contribution in [0.15, 0.2) is 0 Å². The van der Waals surface area contributed by atoms with Crippen LogP contribution in [0.1, 0.15) is 26.2 Å². The number of alkyl halides is 3. The van der Waals surface area contributed by atoms with Crippen molar-refractivity contribution >= 4 is 47.8 Å². The summed E-state index contributed by atoms with van der Waals surface area (Å²) in [4.78, 5) is 0. The molecule has 1 aliphatic rings. The number of epoxide rings is 1. The molecule has 0 spiro atoms. The van der Waals surface area contributed by atoms with Gasteiger partial charge in [0, 0.05) is 0 Å². The lowest BCUT2D eigenvalue weighted by molar-refractivity contribution is 0.383. The first-order valence-electron chi connectivity index (χ1n) is 3.75. The molecular formula is C7H11Br3O. The van der Waals surface area contributed by atoms with Crippen molar-refractivity contribution in [1.29, 1.82) is 0 Å². The molecule has 1 rings (SSSR count). The van der Waals surface area contributed by atoms with E-state index >= 15 is 0 Å². The normalized spacial score (nSPS) is 30.5. The zero-order valence-electron chi connectivity index (χ0n) is 6.32. The monoisotopic (exact) mass is 348 g/mol. The van der Waals surface area contributed by atoms with Crippen LogP contribution < -0.4 is 0 Å². The molecule has 0 saturated carbocycles. The summed E-state index contributed by atoms with van der Waals surface area (Å²) in [5.74, 6) is 0. The molecule has 0 N–H and O–H groups in total. The Morgan fingerprint density at radius 1 is 1.45 bits per heavy atom. The SMILES string of the molecule is CCCCC(Br)(Br)[C@@H]1O[C@H]1Br. The predicted octanol–water partition coefficient (Wildman–Crippen LogP) is 3.78. The first kappa shape index (κ1) is 10.5. The molecule has 0 bridgehead atoms. The number of hydrogen-bond donors (Lipinski definition) is 0. The fraction of sp³-hybridized carbons (Fsp3) is 1.00. The van der Waals surface area contributed by atoms with Crippen LogP contribution >= 0.6 is 47.8 Å². The van der Waals surface area contributed by atoms with Crippen LogP contribution in [0.5, 0.6) is 0 Å². The van der Waals surface area contributed by atoms with Gasteiger partial charge in [0.1, 0.15) is 14.4 Å². The van der Waals surface area contributed by atoms with Crippen LogP contribution in [-0.4, -0.2) is 14.4 Å². The van der Waals surface area contributed by atoms with Crippen LogP contribution in [0, 0.1) is 0 Å². The van der Waals surface area contributed by atoms with Crippen LogP contribution in [0.25, 0.3) is 0 Å². The molecule has 0 aromatic rings. The van der Waals surface area contributed by atoms with E-state index in [2.05, 4.69) is 54.7 Å². The molecule has 0 radical (unpaired) electrons. The highest BCUT2D eigenvalue weighted by atomic mass is 79.9. The lowest BCUT2D eigenvalue weighted by atomic mass is 10.2. The highest BCUT2D eigenvalue weighted by molar-refractivity contribution is 9.25. The van der Waals surface area contributed by atoms with Crippen molar-refractivity contribution < 1.29 is 4.74 Å². The van der Waals surface area contributed by atoms with E-state index in [-0.39, 0.29) is 14.4 Å².